The van der Waals surface area contributed by atoms with Crippen LogP contribution in [0.4, 0.5) is 11.4 Å². The number of anilines is 1. The monoisotopic (exact) mass is 447 g/mol. The number of nitro benzene ring substituents is 1. The third kappa shape index (κ3) is 4.55. The van der Waals surface area contributed by atoms with E-state index in [0.717, 1.165) is 5.56 Å². The lowest BCUT2D eigenvalue weighted by molar-refractivity contribution is -0.384. The summed E-state index contributed by atoms with van der Waals surface area (Å²) < 4.78 is 0.515. The number of thioether (sulfide) groups is 1. The molecule has 0 saturated carbocycles. The molecule has 0 aromatic heterocycles. The lowest BCUT2D eigenvalue weighted by atomic mass is 10.1. The van der Waals surface area contributed by atoms with Gasteiger partial charge in [-0.1, -0.05) is 30.3 Å². The number of nitro groups is 1. The average molecular weight is 448 g/mol. The molecule has 0 aliphatic carbocycles. The van der Waals surface area contributed by atoms with Gasteiger partial charge in [0, 0.05) is 16.6 Å². The first-order valence-electron chi connectivity index (χ1n) is 7.87. The van der Waals surface area contributed by atoms with Crippen LogP contribution >= 0.6 is 27.7 Å². The molecule has 1 N–H and O–H groups in total. The first-order chi connectivity index (χ1) is 13.0. The van der Waals surface area contributed by atoms with Gasteiger partial charge in [-0.25, -0.2) is 0 Å². The largest absolute Gasteiger partial charge is 0.323 e. The Bertz CT molecular complexity index is 933. The number of benzene rings is 2. The van der Waals surface area contributed by atoms with Crippen molar-refractivity contribution in [3.8, 4) is 0 Å². The predicted octanol–water partition coefficient (Wildman–Crippen LogP) is 3.87. The zero-order chi connectivity index (χ0) is 19.4. The lowest BCUT2D eigenvalue weighted by Crippen LogP contribution is -2.39. The summed E-state index contributed by atoms with van der Waals surface area (Å²) in [5.74, 6) is -0.364. The van der Waals surface area contributed by atoms with Crippen molar-refractivity contribution in [3.63, 3.8) is 0 Å². The molecule has 0 saturated heterocycles. The molecule has 1 heterocycles. The Morgan fingerprint density at radius 3 is 2.70 bits per heavy atom. The molecule has 2 amide bonds. The second-order valence-corrected chi connectivity index (χ2v) is 7.34. The number of nitrogens with one attached hydrogen (secondary N) is 1. The van der Waals surface area contributed by atoms with Crippen molar-refractivity contribution in [2.75, 3.05) is 17.6 Å². The maximum atomic E-state index is 12.5. The van der Waals surface area contributed by atoms with Crippen molar-refractivity contribution >= 4 is 56.6 Å². The van der Waals surface area contributed by atoms with Crippen molar-refractivity contribution in [3.05, 3.63) is 74.1 Å². The minimum absolute atomic E-state index is 0.135. The second kappa shape index (κ2) is 8.36. The smallest absolute Gasteiger partial charge is 0.271 e. The molecule has 3 rings (SSSR count). The summed E-state index contributed by atoms with van der Waals surface area (Å²) in [5.41, 5.74) is 1.63. The summed E-state index contributed by atoms with van der Waals surface area (Å²) >= 11 is 4.64. The van der Waals surface area contributed by atoms with Crippen LogP contribution in [0.1, 0.15) is 5.56 Å². The van der Waals surface area contributed by atoms with Gasteiger partial charge in [0.2, 0.25) is 11.8 Å². The average Bonchev–Trinajstić information content (AvgIpc) is 2.65. The number of carbonyl (C=O) groups excluding carboxylic acids is 2. The molecule has 27 heavy (non-hydrogen) atoms. The number of rotatable bonds is 5. The van der Waals surface area contributed by atoms with Gasteiger partial charge in [0.15, 0.2) is 0 Å². The summed E-state index contributed by atoms with van der Waals surface area (Å²) in [5, 5.41) is 15.4. The minimum Gasteiger partial charge on any atom is -0.323 e. The third-order valence-corrected chi connectivity index (χ3v) is 5.29. The van der Waals surface area contributed by atoms with Crippen LogP contribution < -0.4 is 5.32 Å². The Morgan fingerprint density at radius 1 is 1.26 bits per heavy atom. The number of carbonyl (C=O) groups is 2. The Morgan fingerprint density at radius 2 is 2.00 bits per heavy atom. The second-order valence-electron chi connectivity index (χ2n) is 5.63. The molecular weight excluding hydrogens is 434 g/mol. The Balaban J connectivity index is 1.79. The van der Waals surface area contributed by atoms with Crippen LogP contribution in [0.15, 0.2) is 58.4 Å². The molecule has 0 radical (unpaired) electrons. The standard InChI is InChI=1S/C18H14BrN3O4S/c19-14-7-6-13(22(25)26)8-15(14)20-17(23)9-21-16(10-27-11-18(21)24)12-4-2-1-3-5-12/h1-8,10H,9,11H2,(H,20,23). The van der Waals surface area contributed by atoms with Crippen molar-refractivity contribution in [1.29, 1.82) is 0 Å². The highest BCUT2D eigenvalue weighted by molar-refractivity contribution is 9.10. The van der Waals surface area contributed by atoms with E-state index in [-0.39, 0.29) is 29.6 Å². The number of hydrogen-bond donors (Lipinski definition) is 1. The predicted molar refractivity (Wildman–Crippen MR) is 108 cm³/mol. The van der Waals surface area contributed by atoms with Crippen LogP contribution in [0.25, 0.3) is 5.70 Å². The molecule has 0 spiro atoms. The number of non-ortho nitro benzene ring substituents is 1. The molecule has 7 nitrogen and oxygen atoms in total. The van der Waals surface area contributed by atoms with E-state index >= 15 is 0 Å². The molecule has 1 aliphatic rings. The molecule has 0 atom stereocenters. The topological polar surface area (TPSA) is 92.6 Å². The number of amides is 2. The molecule has 0 bridgehead atoms. The van der Waals surface area contributed by atoms with Gasteiger partial charge in [0.05, 0.1) is 22.1 Å². The Labute approximate surface area is 167 Å². The highest BCUT2D eigenvalue weighted by Crippen LogP contribution is 2.29. The van der Waals surface area contributed by atoms with E-state index in [4.69, 9.17) is 0 Å². The summed E-state index contributed by atoms with van der Waals surface area (Å²) in [6.45, 7) is -0.185. The molecule has 2 aromatic rings. The lowest BCUT2D eigenvalue weighted by Gasteiger charge is -2.28. The molecule has 9 heteroatoms. The minimum atomic E-state index is -0.538. The molecule has 2 aromatic carbocycles. The number of nitrogens with zero attached hydrogens (tertiary/aromatic N) is 2. The van der Waals surface area contributed by atoms with Crippen LogP contribution in [0, 0.1) is 10.1 Å². The maximum absolute atomic E-state index is 12.5. The van der Waals surface area contributed by atoms with Gasteiger partial charge in [-0.3, -0.25) is 19.7 Å². The van der Waals surface area contributed by atoms with Crippen LogP contribution in [0.5, 0.6) is 0 Å². The highest BCUT2D eigenvalue weighted by Gasteiger charge is 2.25. The fourth-order valence-corrected chi connectivity index (χ4v) is 3.68. The van der Waals surface area contributed by atoms with Gasteiger partial charge in [-0.2, -0.15) is 0 Å². The van der Waals surface area contributed by atoms with Crippen molar-refractivity contribution < 1.29 is 14.5 Å². The van der Waals surface area contributed by atoms with Crippen molar-refractivity contribution in [2.45, 2.75) is 0 Å². The summed E-state index contributed by atoms with van der Waals surface area (Å²) in [6, 6.07) is 13.4. The maximum Gasteiger partial charge on any atom is 0.271 e. The Kier molecular flexibility index (Phi) is 5.92. The van der Waals surface area contributed by atoms with E-state index in [9.17, 15) is 19.7 Å². The number of halogens is 1. The molecule has 1 aliphatic heterocycles. The van der Waals surface area contributed by atoms with Gasteiger partial charge in [-0.05, 0) is 33.0 Å². The van der Waals surface area contributed by atoms with Crippen molar-refractivity contribution in [1.82, 2.24) is 4.90 Å². The van der Waals surface area contributed by atoms with E-state index in [1.165, 1.54) is 34.9 Å². The highest BCUT2D eigenvalue weighted by atomic mass is 79.9. The summed E-state index contributed by atoms with van der Waals surface area (Å²) in [7, 11) is 0. The molecule has 0 fully saturated rings. The van der Waals surface area contributed by atoms with Gasteiger partial charge in [0.1, 0.15) is 6.54 Å². The van der Waals surface area contributed by atoms with Gasteiger partial charge >= 0.3 is 0 Å². The fraction of sp³-hybridized carbons (Fsp3) is 0.111. The SMILES string of the molecule is O=C(CN1C(=O)CSC=C1c1ccccc1)Nc1cc([N+](=O)[O-])ccc1Br. The normalized spacial score (nSPS) is 13.9. The number of hydrogen-bond acceptors (Lipinski definition) is 5. The molecule has 138 valence electrons. The first kappa shape index (κ1) is 19.1. The quantitative estimate of drug-likeness (QED) is 0.554. The van der Waals surface area contributed by atoms with Crippen molar-refractivity contribution in [2.24, 2.45) is 0 Å². The zero-order valence-corrected chi connectivity index (χ0v) is 16.3. The van der Waals surface area contributed by atoms with Gasteiger partial charge < -0.3 is 10.2 Å². The van der Waals surface area contributed by atoms with E-state index in [1.54, 1.807) is 0 Å². The van der Waals surface area contributed by atoms with Gasteiger partial charge in [0.25, 0.3) is 5.69 Å². The molecular formula is C18H14BrN3O4S. The first-order valence-corrected chi connectivity index (χ1v) is 9.71. The molecule has 0 unspecified atom stereocenters. The van der Waals surface area contributed by atoms with E-state index in [0.29, 0.717) is 10.2 Å². The van der Waals surface area contributed by atoms with Crippen LogP contribution in [0.2, 0.25) is 0 Å². The zero-order valence-electron chi connectivity index (χ0n) is 13.9. The van der Waals surface area contributed by atoms with E-state index < -0.39 is 10.8 Å². The van der Waals surface area contributed by atoms with Crippen LogP contribution in [-0.2, 0) is 9.59 Å². The van der Waals surface area contributed by atoms with Crippen LogP contribution in [-0.4, -0.2) is 33.9 Å². The Hall–Kier alpha value is -2.65. The summed E-state index contributed by atoms with van der Waals surface area (Å²) in [6.07, 6.45) is 0. The van der Waals surface area contributed by atoms with Crippen LogP contribution in [0.3, 0.4) is 0 Å². The van der Waals surface area contributed by atoms with E-state index in [2.05, 4.69) is 21.2 Å². The van der Waals surface area contributed by atoms with Gasteiger partial charge in [-0.15, -0.1) is 11.8 Å². The third-order valence-electron chi connectivity index (χ3n) is 3.80. The van der Waals surface area contributed by atoms with E-state index in [1.807, 2.05) is 35.7 Å². The summed E-state index contributed by atoms with van der Waals surface area (Å²) in [4.78, 5) is 36.7. The fourth-order valence-electron chi connectivity index (χ4n) is 2.53.